The van der Waals surface area contributed by atoms with E-state index in [0.717, 1.165) is 19.5 Å². The van der Waals surface area contributed by atoms with Crippen molar-refractivity contribution >= 4 is 5.91 Å². The molecule has 0 aliphatic carbocycles. The lowest BCUT2D eigenvalue weighted by molar-refractivity contribution is -0.123. The third kappa shape index (κ3) is 5.12. The lowest BCUT2D eigenvalue weighted by Gasteiger charge is -2.25. The standard InChI is InChI=1S/C16H25N3O2/c1-19(2)8-10-21-9-7-17-16(20)15-11-13-5-3-4-6-14(13)12-18-15/h3-6,15,18H,7-12H2,1-2H3,(H,17,20)/t15-/m1/s1. The zero-order valence-corrected chi connectivity index (χ0v) is 12.9. The molecule has 2 N–H and O–H groups in total. The van der Waals surface area contributed by atoms with Gasteiger partial charge in [-0.2, -0.15) is 0 Å². The fraction of sp³-hybridized carbons (Fsp3) is 0.562. The van der Waals surface area contributed by atoms with E-state index in [1.54, 1.807) is 0 Å². The van der Waals surface area contributed by atoms with Crippen LogP contribution in [-0.2, 0) is 22.5 Å². The number of ether oxygens (including phenoxy) is 1. The Bertz CT molecular complexity index is 463. The second-order valence-corrected chi connectivity index (χ2v) is 5.61. The highest BCUT2D eigenvalue weighted by atomic mass is 16.5. The van der Waals surface area contributed by atoms with Crippen LogP contribution in [0.15, 0.2) is 24.3 Å². The van der Waals surface area contributed by atoms with E-state index in [4.69, 9.17) is 4.74 Å². The average Bonchev–Trinajstić information content (AvgIpc) is 2.49. The molecule has 1 atom stereocenters. The van der Waals surface area contributed by atoms with E-state index in [0.29, 0.717) is 19.8 Å². The number of likely N-dealkylation sites (N-methyl/N-ethyl adjacent to an activating group) is 1. The van der Waals surface area contributed by atoms with Gasteiger partial charge in [-0.3, -0.25) is 4.79 Å². The number of benzene rings is 1. The lowest BCUT2D eigenvalue weighted by atomic mass is 9.95. The Kier molecular flexibility index (Phi) is 6.17. The van der Waals surface area contributed by atoms with Crippen LogP contribution in [0.3, 0.4) is 0 Å². The zero-order chi connectivity index (χ0) is 15.1. The molecule has 5 nitrogen and oxygen atoms in total. The highest BCUT2D eigenvalue weighted by Crippen LogP contribution is 2.16. The minimum atomic E-state index is -0.137. The van der Waals surface area contributed by atoms with Crippen LogP contribution >= 0.6 is 0 Å². The summed E-state index contributed by atoms with van der Waals surface area (Å²) in [4.78, 5) is 14.2. The van der Waals surface area contributed by atoms with Gasteiger partial charge >= 0.3 is 0 Å². The van der Waals surface area contributed by atoms with Crippen LogP contribution in [0.25, 0.3) is 0 Å². The first-order chi connectivity index (χ1) is 10.2. The van der Waals surface area contributed by atoms with Crippen molar-refractivity contribution in [2.45, 2.75) is 19.0 Å². The normalized spacial score (nSPS) is 17.6. The minimum absolute atomic E-state index is 0.0562. The Labute approximate surface area is 126 Å². The molecule has 1 heterocycles. The smallest absolute Gasteiger partial charge is 0.237 e. The molecule has 0 fully saturated rings. The summed E-state index contributed by atoms with van der Waals surface area (Å²) in [6, 6.07) is 8.13. The van der Waals surface area contributed by atoms with Crippen LogP contribution in [0, 0.1) is 0 Å². The molecule has 1 aromatic carbocycles. The van der Waals surface area contributed by atoms with Crippen LogP contribution in [0.2, 0.25) is 0 Å². The molecule has 2 rings (SSSR count). The van der Waals surface area contributed by atoms with Gasteiger partial charge in [0.05, 0.1) is 19.3 Å². The minimum Gasteiger partial charge on any atom is -0.378 e. The molecule has 0 saturated carbocycles. The Morgan fingerprint density at radius 1 is 1.33 bits per heavy atom. The summed E-state index contributed by atoms with van der Waals surface area (Å²) in [7, 11) is 4.02. The van der Waals surface area contributed by atoms with Crippen molar-refractivity contribution in [2.75, 3.05) is 40.4 Å². The largest absolute Gasteiger partial charge is 0.378 e. The van der Waals surface area contributed by atoms with E-state index in [-0.39, 0.29) is 11.9 Å². The van der Waals surface area contributed by atoms with Crippen LogP contribution in [-0.4, -0.2) is 57.2 Å². The molecule has 1 amide bonds. The maximum Gasteiger partial charge on any atom is 0.237 e. The Morgan fingerprint density at radius 3 is 2.86 bits per heavy atom. The maximum absolute atomic E-state index is 12.1. The predicted molar refractivity (Wildman–Crippen MR) is 83.2 cm³/mol. The quantitative estimate of drug-likeness (QED) is 0.714. The van der Waals surface area contributed by atoms with E-state index < -0.39 is 0 Å². The molecule has 5 heteroatoms. The molecule has 1 aliphatic heterocycles. The molecular formula is C16H25N3O2. The molecule has 0 saturated heterocycles. The summed E-state index contributed by atoms with van der Waals surface area (Å²) in [6.45, 7) is 3.47. The van der Waals surface area contributed by atoms with Crippen molar-refractivity contribution in [3.05, 3.63) is 35.4 Å². The van der Waals surface area contributed by atoms with Gasteiger partial charge in [0.1, 0.15) is 0 Å². The first-order valence-corrected chi connectivity index (χ1v) is 7.47. The zero-order valence-electron chi connectivity index (χ0n) is 12.9. The van der Waals surface area contributed by atoms with Gasteiger partial charge in [-0.15, -0.1) is 0 Å². The van der Waals surface area contributed by atoms with Crippen LogP contribution in [0.1, 0.15) is 11.1 Å². The van der Waals surface area contributed by atoms with Gasteiger partial charge in [0, 0.05) is 19.6 Å². The highest BCUT2D eigenvalue weighted by molar-refractivity contribution is 5.82. The van der Waals surface area contributed by atoms with Crippen molar-refractivity contribution in [1.82, 2.24) is 15.5 Å². The second kappa shape index (κ2) is 8.12. The van der Waals surface area contributed by atoms with E-state index in [9.17, 15) is 4.79 Å². The van der Waals surface area contributed by atoms with E-state index in [1.807, 2.05) is 26.2 Å². The van der Waals surface area contributed by atoms with Crippen LogP contribution < -0.4 is 10.6 Å². The Hall–Kier alpha value is -1.43. The van der Waals surface area contributed by atoms with Crippen molar-refractivity contribution < 1.29 is 9.53 Å². The van der Waals surface area contributed by atoms with E-state index >= 15 is 0 Å². The first-order valence-electron chi connectivity index (χ1n) is 7.47. The molecule has 1 aromatic rings. The molecule has 21 heavy (non-hydrogen) atoms. The molecule has 0 bridgehead atoms. The number of rotatable bonds is 7. The number of carbonyl (C=O) groups is 1. The number of amides is 1. The maximum atomic E-state index is 12.1. The topological polar surface area (TPSA) is 53.6 Å². The van der Waals surface area contributed by atoms with Gasteiger partial charge in [0.2, 0.25) is 5.91 Å². The summed E-state index contributed by atoms with van der Waals surface area (Å²) in [6.07, 6.45) is 0.753. The molecule has 0 spiro atoms. The van der Waals surface area contributed by atoms with Gasteiger partial charge in [0.15, 0.2) is 0 Å². The van der Waals surface area contributed by atoms with Crippen LogP contribution in [0.5, 0.6) is 0 Å². The molecule has 116 valence electrons. The number of carbonyl (C=O) groups excluding carboxylic acids is 1. The summed E-state index contributed by atoms with van der Waals surface area (Å²) in [5.74, 6) is 0.0562. The number of fused-ring (bicyclic) bond motifs is 1. The third-order valence-corrected chi connectivity index (χ3v) is 3.63. The van der Waals surface area contributed by atoms with Crippen LogP contribution in [0.4, 0.5) is 0 Å². The summed E-state index contributed by atoms with van der Waals surface area (Å²) >= 11 is 0. The Balaban J connectivity index is 1.66. The van der Waals surface area contributed by atoms with E-state index in [2.05, 4.69) is 27.7 Å². The number of hydrogen-bond donors (Lipinski definition) is 2. The van der Waals surface area contributed by atoms with Crippen molar-refractivity contribution in [2.24, 2.45) is 0 Å². The number of hydrogen-bond acceptors (Lipinski definition) is 4. The monoisotopic (exact) mass is 291 g/mol. The number of nitrogens with one attached hydrogen (secondary N) is 2. The van der Waals surface area contributed by atoms with Crippen molar-refractivity contribution in [3.63, 3.8) is 0 Å². The summed E-state index contributed by atoms with van der Waals surface area (Å²) in [5.41, 5.74) is 2.55. The molecule has 0 unspecified atom stereocenters. The SMILES string of the molecule is CN(C)CCOCCNC(=O)[C@H]1Cc2ccccc2CN1. The van der Waals surface area contributed by atoms with Crippen molar-refractivity contribution in [1.29, 1.82) is 0 Å². The molecule has 0 aromatic heterocycles. The number of nitrogens with zero attached hydrogens (tertiary/aromatic N) is 1. The van der Waals surface area contributed by atoms with E-state index in [1.165, 1.54) is 11.1 Å². The highest BCUT2D eigenvalue weighted by Gasteiger charge is 2.23. The van der Waals surface area contributed by atoms with Gasteiger partial charge in [-0.25, -0.2) is 0 Å². The second-order valence-electron chi connectivity index (χ2n) is 5.61. The van der Waals surface area contributed by atoms with Gasteiger partial charge < -0.3 is 20.3 Å². The Morgan fingerprint density at radius 2 is 2.10 bits per heavy atom. The molecule has 0 radical (unpaired) electrons. The van der Waals surface area contributed by atoms with Gasteiger partial charge in [-0.1, -0.05) is 24.3 Å². The first kappa shape index (κ1) is 15.9. The fourth-order valence-electron chi connectivity index (χ4n) is 2.36. The molecular weight excluding hydrogens is 266 g/mol. The average molecular weight is 291 g/mol. The predicted octanol–water partition coefficient (Wildman–Crippen LogP) is 0.395. The summed E-state index contributed by atoms with van der Waals surface area (Å²) < 4.78 is 5.46. The molecule has 1 aliphatic rings. The third-order valence-electron chi connectivity index (χ3n) is 3.63. The fourth-order valence-corrected chi connectivity index (χ4v) is 2.36. The summed E-state index contributed by atoms with van der Waals surface area (Å²) in [5, 5.41) is 6.21. The lowest BCUT2D eigenvalue weighted by Crippen LogP contribution is -2.48. The van der Waals surface area contributed by atoms with Gasteiger partial charge in [0.25, 0.3) is 0 Å². The van der Waals surface area contributed by atoms with Gasteiger partial charge in [-0.05, 0) is 31.6 Å². The van der Waals surface area contributed by atoms with Crippen molar-refractivity contribution in [3.8, 4) is 0 Å².